The highest BCUT2D eigenvalue weighted by Gasteiger charge is 2.43. The maximum atomic E-state index is 9.64. The first kappa shape index (κ1) is 12.9. The van der Waals surface area contributed by atoms with Crippen LogP contribution in [0.15, 0.2) is 0 Å². The number of rotatable bonds is 1. The molecule has 1 heterocycles. The lowest BCUT2D eigenvalue weighted by Gasteiger charge is -2.40. The van der Waals surface area contributed by atoms with Gasteiger partial charge in [0.25, 0.3) is 0 Å². The Bertz CT molecular complexity index is 212. The second-order valence-electron chi connectivity index (χ2n) is 5.30. The zero-order chi connectivity index (χ0) is 11.8. The Kier molecular flexibility index (Phi) is 3.73. The van der Waals surface area contributed by atoms with E-state index in [1.54, 1.807) is 0 Å². The van der Waals surface area contributed by atoms with Crippen molar-refractivity contribution >= 4 is 0 Å². The van der Waals surface area contributed by atoms with E-state index in [4.69, 9.17) is 4.74 Å². The average Bonchev–Trinajstić information content (AvgIpc) is 2.08. The topological polar surface area (TPSA) is 90.2 Å². The predicted molar refractivity (Wildman–Crippen MR) is 53.0 cm³/mol. The maximum Gasteiger partial charge on any atom is 0.183 e. The van der Waals surface area contributed by atoms with Crippen molar-refractivity contribution in [2.75, 3.05) is 0 Å². The van der Waals surface area contributed by atoms with Crippen molar-refractivity contribution in [2.45, 2.75) is 57.9 Å². The van der Waals surface area contributed by atoms with Crippen LogP contribution in [0.4, 0.5) is 0 Å². The lowest BCUT2D eigenvalue weighted by atomic mass is 9.84. The van der Waals surface area contributed by atoms with Gasteiger partial charge in [-0.05, 0) is 11.8 Å². The van der Waals surface area contributed by atoms with Gasteiger partial charge >= 0.3 is 0 Å². The third kappa shape index (κ3) is 3.12. The van der Waals surface area contributed by atoms with E-state index >= 15 is 0 Å². The van der Waals surface area contributed by atoms with Gasteiger partial charge in [-0.3, -0.25) is 0 Å². The highest BCUT2D eigenvalue weighted by atomic mass is 16.6. The zero-order valence-corrected chi connectivity index (χ0v) is 9.29. The van der Waals surface area contributed by atoms with Gasteiger partial charge in [-0.25, -0.2) is 0 Å². The van der Waals surface area contributed by atoms with E-state index in [0.717, 1.165) is 0 Å². The summed E-state index contributed by atoms with van der Waals surface area (Å²) in [4.78, 5) is 0. The molecule has 1 fully saturated rings. The van der Waals surface area contributed by atoms with Gasteiger partial charge in [-0.15, -0.1) is 0 Å². The van der Waals surface area contributed by atoms with Crippen LogP contribution >= 0.6 is 0 Å². The highest BCUT2D eigenvalue weighted by molar-refractivity contribution is 4.90. The van der Waals surface area contributed by atoms with Gasteiger partial charge in [-0.1, -0.05) is 20.8 Å². The number of hydrogen-bond acceptors (Lipinski definition) is 5. The van der Waals surface area contributed by atoms with Crippen LogP contribution in [-0.4, -0.2) is 51.1 Å². The summed E-state index contributed by atoms with van der Waals surface area (Å²) in [5.41, 5.74) is -0.0899. The van der Waals surface area contributed by atoms with E-state index in [1.165, 1.54) is 0 Å². The Morgan fingerprint density at radius 2 is 1.47 bits per heavy atom. The molecule has 0 aromatic rings. The molecule has 0 spiro atoms. The van der Waals surface area contributed by atoms with E-state index in [0.29, 0.717) is 6.42 Å². The molecule has 0 bridgehead atoms. The summed E-state index contributed by atoms with van der Waals surface area (Å²) in [5, 5.41) is 37.6. The molecule has 5 heteroatoms. The molecule has 0 aromatic heterocycles. The Labute approximate surface area is 89.3 Å². The minimum Gasteiger partial charge on any atom is -0.388 e. The number of aliphatic hydroxyl groups is 4. The molecule has 5 nitrogen and oxygen atoms in total. The standard InChI is InChI=1S/C10H20O5/c1-10(2,3)4-5-6(11)7(12)8(13)9(14)15-5/h5-9,11-14H,4H2,1-3H3/t5?,6-,7?,8-,9+/m1/s1. The fourth-order valence-electron chi connectivity index (χ4n) is 1.70. The van der Waals surface area contributed by atoms with Gasteiger partial charge < -0.3 is 25.2 Å². The summed E-state index contributed by atoms with van der Waals surface area (Å²) < 4.78 is 5.05. The van der Waals surface area contributed by atoms with Gasteiger partial charge in [0, 0.05) is 0 Å². The molecule has 0 aromatic carbocycles. The Balaban J connectivity index is 2.67. The van der Waals surface area contributed by atoms with E-state index in [-0.39, 0.29) is 5.41 Å². The van der Waals surface area contributed by atoms with Gasteiger partial charge in [0.2, 0.25) is 0 Å². The lowest BCUT2D eigenvalue weighted by molar-refractivity contribution is -0.285. The van der Waals surface area contributed by atoms with Crippen LogP contribution < -0.4 is 0 Å². The molecule has 5 atom stereocenters. The fraction of sp³-hybridized carbons (Fsp3) is 1.00. The second kappa shape index (κ2) is 4.35. The third-order valence-corrected chi connectivity index (χ3v) is 2.50. The molecule has 2 unspecified atom stereocenters. The van der Waals surface area contributed by atoms with Crippen molar-refractivity contribution < 1.29 is 25.2 Å². The molecule has 0 saturated carbocycles. The van der Waals surface area contributed by atoms with Gasteiger partial charge in [0.1, 0.15) is 18.3 Å². The van der Waals surface area contributed by atoms with Crippen LogP contribution in [-0.2, 0) is 4.74 Å². The quantitative estimate of drug-likeness (QED) is 0.465. The summed E-state index contributed by atoms with van der Waals surface area (Å²) in [5.74, 6) is 0. The Morgan fingerprint density at radius 3 is 1.93 bits per heavy atom. The SMILES string of the molecule is CC(C)(C)CC1O[C@H](O)[C@H](O)C(O)[C@@H]1O. The van der Waals surface area contributed by atoms with Crippen LogP contribution in [0, 0.1) is 5.41 Å². The summed E-state index contributed by atoms with van der Waals surface area (Å²) in [6, 6.07) is 0. The molecule has 1 saturated heterocycles. The highest BCUT2D eigenvalue weighted by Crippen LogP contribution is 2.29. The Hall–Kier alpha value is -0.200. The van der Waals surface area contributed by atoms with Crippen molar-refractivity contribution in [1.82, 2.24) is 0 Å². The normalized spacial score (nSPS) is 43.0. The van der Waals surface area contributed by atoms with Gasteiger partial charge in [0.15, 0.2) is 6.29 Å². The van der Waals surface area contributed by atoms with E-state index in [9.17, 15) is 20.4 Å². The lowest BCUT2D eigenvalue weighted by Crippen LogP contribution is -2.58. The van der Waals surface area contributed by atoms with E-state index < -0.39 is 30.7 Å². The molecular formula is C10H20O5. The first-order valence-electron chi connectivity index (χ1n) is 5.10. The number of ether oxygens (including phenoxy) is 1. The fourth-order valence-corrected chi connectivity index (χ4v) is 1.70. The van der Waals surface area contributed by atoms with Crippen molar-refractivity contribution in [2.24, 2.45) is 5.41 Å². The van der Waals surface area contributed by atoms with Crippen LogP contribution in [0.1, 0.15) is 27.2 Å². The first-order chi connectivity index (χ1) is 6.72. The monoisotopic (exact) mass is 220 g/mol. The predicted octanol–water partition coefficient (Wildman–Crippen LogP) is -0.778. The molecule has 0 aliphatic carbocycles. The summed E-state index contributed by atoms with van der Waals surface area (Å²) in [6.45, 7) is 5.90. The van der Waals surface area contributed by atoms with Crippen molar-refractivity contribution in [3.05, 3.63) is 0 Å². The van der Waals surface area contributed by atoms with Crippen LogP contribution in [0.2, 0.25) is 0 Å². The smallest absolute Gasteiger partial charge is 0.183 e. The molecule has 0 amide bonds. The molecule has 1 aliphatic heterocycles. The maximum absolute atomic E-state index is 9.64. The summed E-state index contributed by atoms with van der Waals surface area (Å²) in [6.07, 6.45) is -5.57. The summed E-state index contributed by atoms with van der Waals surface area (Å²) >= 11 is 0. The Morgan fingerprint density at radius 1 is 0.933 bits per heavy atom. The van der Waals surface area contributed by atoms with Gasteiger partial charge in [-0.2, -0.15) is 0 Å². The van der Waals surface area contributed by atoms with Crippen molar-refractivity contribution in [3.8, 4) is 0 Å². The molecule has 1 rings (SSSR count). The van der Waals surface area contributed by atoms with Gasteiger partial charge in [0.05, 0.1) is 6.10 Å². The van der Waals surface area contributed by atoms with E-state index in [1.807, 2.05) is 20.8 Å². The third-order valence-electron chi connectivity index (χ3n) is 2.50. The molecule has 90 valence electrons. The molecule has 4 N–H and O–H groups in total. The minimum atomic E-state index is -1.45. The van der Waals surface area contributed by atoms with Crippen LogP contribution in [0.3, 0.4) is 0 Å². The van der Waals surface area contributed by atoms with Crippen LogP contribution in [0.5, 0.6) is 0 Å². The van der Waals surface area contributed by atoms with Crippen molar-refractivity contribution in [3.63, 3.8) is 0 Å². The number of aliphatic hydroxyl groups excluding tert-OH is 4. The largest absolute Gasteiger partial charge is 0.388 e. The number of hydrogen-bond donors (Lipinski definition) is 4. The van der Waals surface area contributed by atoms with E-state index in [2.05, 4.69) is 0 Å². The molecular weight excluding hydrogens is 200 g/mol. The summed E-state index contributed by atoms with van der Waals surface area (Å²) in [7, 11) is 0. The average molecular weight is 220 g/mol. The van der Waals surface area contributed by atoms with Crippen molar-refractivity contribution in [1.29, 1.82) is 0 Å². The molecule has 0 radical (unpaired) electrons. The second-order valence-corrected chi connectivity index (χ2v) is 5.30. The minimum absolute atomic E-state index is 0.0899. The molecule has 1 aliphatic rings. The zero-order valence-electron chi connectivity index (χ0n) is 9.29. The molecule has 15 heavy (non-hydrogen) atoms. The first-order valence-corrected chi connectivity index (χ1v) is 5.10. The van der Waals surface area contributed by atoms with Crippen LogP contribution in [0.25, 0.3) is 0 Å².